The van der Waals surface area contributed by atoms with Crippen LogP contribution in [0.15, 0.2) is 84.2 Å². The number of fused-ring (bicyclic) bond motifs is 6. The van der Waals surface area contributed by atoms with Crippen LogP contribution in [0.1, 0.15) is 133 Å². The first-order valence-corrected chi connectivity index (χ1v) is 20.2. The maximum Gasteiger partial charge on any atom is 0.251 e. The number of rotatable bonds is 7. The number of allylic oxidation sites excluding steroid dienone is 3. The molecule has 0 spiro atoms. The fourth-order valence-corrected chi connectivity index (χ4v) is 10.7. The number of hydrogen-bond acceptors (Lipinski definition) is 3. The Morgan fingerprint density at radius 3 is 2.26 bits per heavy atom. The van der Waals surface area contributed by atoms with Crippen molar-refractivity contribution >= 4 is 38.6 Å². The predicted molar refractivity (Wildman–Crippen MR) is 224 cm³/mol. The highest BCUT2D eigenvalue weighted by molar-refractivity contribution is 7.31. The fourth-order valence-electron chi connectivity index (χ4n) is 9.33. The van der Waals surface area contributed by atoms with Crippen molar-refractivity contribution in [2.75, 3.05) is 11.4 Å². The largest absolute Gasteiger partial charge is 0.349 e. The average Bonchev–Trinajstić information content (AvgIpc) is 3.39. The predicted octanol–water partition coefficient (Wildman–Crippen LogP) is 12.4. The Morgan fingerprint density at radius 2 is 1.66 bits per heavy atom. The number of anilines is 1. The number of benzene rings is 1. The van der Waals surface area contributed by atoms with Crippen LogP contribution in [0.2, 0.25) is 0 Å². The van der Waals surface area contributed by atoms with Gasteiger partial charge in [-0.15, -0.1) is 11.3 Å². The van der Waals surface area contributed by atoms with Crippen molar-refractivity contribution in [3.05, 3.63) is 95.3 Å². The van der Waals surface area contributed by atoms with Crippen LogP contribution in [-0.4, -0.2) is 24.2 Å². The van der Waals surface area contributed by atoms with Gasteiger partial charge in [0.1, 0.15) is 0 Å². The van der Waals surface area contributed by atoms with Crippen LogP contribution in [0, 0.1) is 22.7 Å². The van der Waals surface area contributed by atoms with Gasteiger partial charge in [-0.05, 0) is 115 Å². The first-order chi connectivity index (χ1) is 23.2. The highest BCUT2D eigenvalue weighted by atomic mass is 32.1. The summed E-state index contributed by atoms with van der Waals surface area (Å²) in [6.45, 7) is 43.4. The van der Waals surface area contributed by atoms with E-state index in [1.807, 2.05) is 11.3 Å². The molecule has 4 aliphatic rings. The second kappa shape index (κ2) is 12.7. The molecular formula is C46H65BN2S. The molecule has 2 aliphatic carbocycles. The summed E-state index contributed by atoms with van der Waals surface area (Å²) in [5, 5.41) is 1.42. The van der Waals surface area contributed by atoms with Crippen molar-refractivity contribution in [3.63, 3.8) is 0 Å². The standard InChI is InChI=1S/C46H65BN2S/c1-16-21-49-39(22-31(5)43(7,8)9)38-28-48(27-29(2)3)33(23-35-32(6)30(4)17-18-44(35,10)11)26-47(38)42-41(49)34-24-36-37(25-40(34)50-42)46(14,15)20-19-45(36,12)13/h16,21,24-26,28,30,35,39H,2,5-6,17-20,22-23,27H2,1,3-4,7-15H3/b21-16+. The van der Waals surface area contributed by atoms with Gasteiger partial charge in [0.05, 0.1) is 11.7 Å². The first kappa shape index (κ1) is 37.1. The second-order valence-electron chi connectivity index (χ2n) is 19.5. The van der Waals surface area contributed by atoms with Gasteiger partial charge < -0.3 is 9.80 Å². The Morgan fingerprint density at radius 1 is 1.02 bits per heavy atom. The molecule has 1 fully saturated rings. The Bertz CT molecular complexity index is 1820. The maximum atomic E-state index is 4.73. The summed E-state index contributed by atoms with van der Waals surface area (Å²) < 4.78 is 2.92. The third kappa shape index (κ3) is 6.46. The van der Waals surface area contributed by atoms with E-state index in [9.17, 15) is 0 Å². The fraction of sp³-hybridized carbons (Fsp3) is 0.565. The molecule has 2 nitrogen and oxygen atoms in total. The van der Waals surface area contributed by atoms with E-state index in [1.54, 1.807) is 11.1 Å². The van der Waals surface area contributed by atoms with Crippen molar-refractivity contribution in [1.29, 1.82) is 0 Å². The van der Waals surface area contributed by atoms with Gasteiger partial charge >= 0.3 is 0 Å². The van der Waals surface area contributed by atoms with Crippen molar-refractivity contribution in [2.24, 2.45) is 22.7 Å². The van der Waals surface area contributed by atoms with E-state index < -0.39 is 0 Å². The van der Waals surface area contributed by atoms with Crippen molar-refractivity contribution in [1.82, 2.24) is 4.90 Å². The number of thiophene rings is 1. The monoisotopic (exact) mass is 688 g/mol. The van der Waals surface area contributed by atoms with Gasteiger partial charge in [0.15, 0.2) is 0 Å². The molecule has 0 bridgehead atoms. The summed E-state index contributed by atoms with van der Waals surface area (Å²) in [6, 6.07) is 5.38. The average molecular weight is 689 g/mol. The lowest BCUT2D eigenvalue weighted by atomic mass is 9.38. The van der Waals surface area contributed by atoms with Gasteiger partial charge in [-0.3, -0.25) is 0 Å². The Kier molecular flexibility index (Phi) is 9.45. The lowest BCUT2D eigenvalue weighted by Crippen LogP contribution is -2.52. The lowest BCUT2D eigenvalue weighted by molar-refractivity contribution is 0.158. The van der Waals surface area contributed by atoms with E-state index in [4.69, 9.17) is 13.2 Å². The molecule has 50 heavy (non-hydrogen) atoms. The van der Waals surface area contributed by atoms with E-state index >= 15 is 0 Å². The summed E-state index contributed by atoms with van der Waals surface area (Å²) in [5.41, 5.74) is 11.9. The molecule has 4 heteroatoms. The van der Waals surface area contributed by atoms with Crippen molar-refractivity contribution in [2.45, 2.75) is 138 Å². The van der Waals surface area contributed by atoms with Gasteiger partial charge in [-0.25, -0.2) is 0 Å². The normalized spacial score (nSPS) is 25.6. The zero-order valence-electron chi connectivity index (χ0n) is 33.6. The maximum absolute atomic E-state index is 4.73. The zero-order chi connectivity index (χ0) is 36.7. The summed E-state index contributed by atoms with van der Waals surface area (Å²) in [7, 11) is 0. The van der Waals surface area contributed by atoms with Crippen LogP contribution >= 0.6 is 11.3 Å². The minimum atomic E-state index is 0.0278. The number of hydrogen-bond donors (Lipinski definition) is 0. The number of nitrogens with zero attached hydrogens (tertiary/aromatic N) is 2. The third-order valence-electron chi connectivity index (χ3n) is 13.2. The summed E-state index contributed by atoms with van der Waals surface area (Å²) in [4.78, 5) is 5.19. The van der Waals surface area contributed by atoms with Gasteiger partial charge in [-0.1, -0.05) is 123 Å². The molecule has 3 atom stereocenters. The van der Waals surface area contributed by atoms with Gasteiger partial charge in [-0.2, -0.15) is 0 Å². The lowest BCUT2D eigenvalue weighted by Gasteiger charge is -2.47. The molecule has 268 valence electrons. The van der Waals surface area contributed by atoms with Crippen molar-refractivity contribution in [3.8, 4) is 0 Å². The Hall–Kier alpha value is -2.72. The van der Waals surface area contributed by atoms with Crippen LogP contribution in [0.25, 0.3) is 10.1 Å². The first-order valence-electron chi connectivity index (χ1n) is 19.4. The minimum absolute atomic E-state index is 0.0278. The third-order valence-corrected chi connectivity index (χ3v) is 14.4. The Balaban J connectivity index is 1.60. The van der Waals surface area contributed by atoms with Crippen LogP contribution in [0.5, 0.6) is 0 Å². The highest BCUT2D eigenvalue weighted by Crippen LogP contribution is 2.52. The molecule has 3 unspecified atom stereocenters. The summed E-state index contributed by atoms with van der Waals surface area (Å²) in [6.07, 6.45) is 14.0. The van der Waals surface area contributed by atoms with Gasteiger partial charge in [0.25, 0.3) is 6.71 Å². The molecule has 1 aromatic heterocycles. The van der Waals surface area contributed by atoms with E-state index in [-0.39, 0.29) is 34.4 Å². The SMILES string of the molecule is C=C(C)CN1C=C2B(C=C1CC1C(=C)C(C)CCC1(C)C)c1sc3cc4c(cc3c1N(/C=C/C)C2CC(=C)C(C)(C)C)C(C)(C)CCC4(C)C. The van der Waals surface area contributed by atoms with E-state index in [2.05, 4.69) is 136 Å². The smallest absolute Gasteiger partial charge is 0.251 e. The molecule has 6 rings (SSSR count). The molecule has 0 N–H and O–H groups in total. The molecule has 0 saturated heterocycles. The van der Waals surface area contributed by atoms with Gasteiger partial charge in [0.2, 0.25) is 0 Å². The molecule has 0 radical (unpaired) electrons. The molecule has 2 aliphatic heterocycles. The van der Waals surface area contributed by atoms with Crippen LogP contribution in [0.4, 0.5) is 5.69 Å². The molecule has 3 heterocycles. The highest BCUT2D eigenvalue weighted by Gasteiger charge is 2.46. The summed E-state index contributed by atoms with van der Waals surface area (Å²) in [5.74, 6) is 3.70. The van der Waals surface area contributed by atoms with Crippen LogP contribution in [-0.2, 0) is 10.8 Å². The topological polar surface area (TPSA) is 6.48 Å². The second-order valence-corrected chi connectivity index (χ2v) is 20.6. The van der Waals surface area contributed by atoms with E-state index in [1.165, 1.54) is 74.1 Å². The van der Waals surface area contributed by atoms with E-state index in [0.29, 0.717) is 11.8 Å². The van der Waals surface area contributed by atoms with E-state index in [0.717, 1.165) is 19.4 Å². The zero-order valence-corrected chi connectivity index (χ0v) is 34.5. The van der Waals surface area contributed by atoms with Crippen LogP contribution in [0.3, 0.4) is 0 Å². The molecule has 0 amide bonds. The van der Waals surface area contributed by atoms with Crippen molar-refractivity contribution < 1.29 is 0 Å². The molecule has 1 aromatic carbocycles. The van der Waals surface area contributed by atoms with Gasteiger partial charge in [0, 0.05) is 33.3 Å². The quantitative estimate of drug-likeness (QED) is 0.211. The molecule has 1 saturated carbocycles. The Labute approximate surface area is 310 Å². The minimum Gasteiger partial charge on any atom is -0.349 e. The van der Waals surface area contributed by atoms with Crippen LogP contribution < -0.4 is 9.68 Å². The summed E-state index contributed by atoms with van der Waals surface area (Å²) >= 11 is 2.04. The molecular weight excluding hydrogens is 623 g/mol. The molecule has 2 aromatic rings.